The molecule has 1 aromatic heterocycles. The van der Waals surface area contributed by atoms with Gasteiger partial charge in [0.25, 0.3) is 0 Å². The molecule has 1 aromatic rings. The third kappa shape index (κ3) is 4.34. The van der Waals surface area contributed by atoms with Gasteiger partial charge in [-0.25, -0.2) is 0 Å². The highest BCUT2D eigenvalue weighted by Gasteiger charge is 2.11. The van der Waals surface area contributed by atoms with Crippen LogP contribution in [0.4, 0.5) is 0 Å². The van der Waals surface area contributed by atoms with E-state index in [1.54, 1.807) is 0 Å². The molecule has 0 bridgehead atoms. The van der Waals surface area contributed by atoms with Crippen molar-refractivity contribution in [1.29, 1.82) is 0 Å². The molecule has 0 saturated carbocycles. The average Bonchev–Trinajstić information content (AvgIpc) is 2.91. The predicted molar refractivity (Wildman–Crippen MR) is 78.3 cm³/mol. The van der Waals surface area contributed by atoms with Gasteiger partial charge in [0.05, 0.1) is 13.2 Å². The fourth-order valence-electron chi connectivity index (χ4n) is 2.56. The first kappa shape index (κ1) is 14.6. The summed E-state index contributed by atoms with van der Waals surface area (Å²) in [4.78, 5) is 4.95. The fraction of sp³-hybridized carbons (Fsp3) is 0.733. The Hall–Kier alpha value is -0.840. The van der Waals surface area contributed by atoms with E-state index in [1.165, 1.54) is 5.69 Å². The summed E-state index contributed by atoms with van der Waals surface area (Å²) in [6, 6.07) is 4.41. The second-order valence-corrected chi connectivity index (χ2v) is 5.11. The van der Waals surface area contributed by atoms with E-state index in [4.69, 9.17) is 4.74 Å². The van der Waals surface area contributed by atoms with Gasteiger partial charge >= 0.3 is 0 Å². The molecular formula is C15H27N3O. The Morgan fingerprint density at radius 2 is 1.89 bits per heavy atom. The van der Waals surface area contributed by atoms with Crippen molar-refractivity contribution < 1.29 is 4.74 Å². The quantitative estimate of drug-likeness (QED) is 0.748. The molecule has 2 rings (SSSR count). The Kier molecular flexibility index (Phi) is 5.89. The van der Waals surface area contributed by atoms with Crippen molar-refractivity contribution in [3.63, 3.8) is 0 Å². The van der Waals surface area contributed by atoms with E-state index in [2.05, 4.69) is 46.5 Å². The molecule has 1 fully saturated rings. The summed E-state index contributed by atoms with van der Waals surface area (Å²) in [5, 5.41) is 0. The molecule has 0 aromatic carbocycles. The molecule has 19 heavy (non-hydrogen) atoms. The van der Waals surface area contributed by atoms with Crippen molar-refractivity contribution in [2.24, 2.45) is 0 Å². The van der Waals surface area contributed by atoms with Crippen LogP contribution in [-0.2, 0) is 17.8 Å². The van der Waals surface area contributed by atoms with E-state index in [0.717, 1.165) is 59.0 Å². The van der Waals surface area contributed by atoms with Gasteiger partial charge < -0.3 is 9.30 Å². The van der Waals surface area contributed by atoms with Crippen molar-refractivity contribution in [3.05, 3.63) is 24.0 Å². The standard InChI is InChI=1S/C15H27N3O/c1-3-16(4-2)14-15-6-5-7-18(15)9-8-17-10-12-19-13-11-17/h5-7H,3-4,8-14H2,1-2H3. The Labute approximate surface area is 116 Å². The van der Waals surface area contributed by atoms with Crippen LogP contribution in [0.25, 0.3) is 0 Å². The molecule has 4 heteroatoms. The van der Waals surface area contributed by atoms with Crippen molar-refractivity contribution >= 4 is 0 Å². The highest BCUT2D eigenvalue weighted by molar-refractivity contribution is 5.07. The molecule has 0 unspecified atom stereocenters. The minimum atomic E-state index is 0.887. The third-order valence-corrected chi connectivity index (χ3v) is 3.96. The monoisotopic (exact) mass is 265 g/mol. The Morgan fingerprint density at radius 1 is 1.16 bits per heavy atom. The number of hydrogen-bond donors (Lipinski definition) is 0. The largest absolute Gasteiger partial charge is 0.379 e. The van der Waals surface area contributed by atoms with E-state index < -0.39 is 0 Å². The maximum absolute atomic E-state index is 5.39. The van der Waals surface area contributed by atoms with Crippen LogP contribution in [0.5, 0.6) is 0 Å². The Morgan fingerprint density at radius 3 is 2.58 bits per heavy atom. The lowest BCUT2D eigenvalue weighted by molar-refractivity contribution is 0.0362. The molecule has 1 aliphatic rings. The summed E-state index contributed by atoms with van der Waals surface area (Å²) in [5.74, 6) is 0. The topological polar surface area (TPSA) is 20.6 Å². The van der Waals surface area contributed by atoms with Gasteiger partial charge in [0.15, 0.2) is 0 Å². The second kappa shape index (κ2) is 7.68. The van der Waals surface area contributed by atoms with E-state index in [1.807, 2.05) is 0 Å². The lowest BCUT2D eigenvalue weighted by Crippen LogP contribution is -2.38. The highest BCUT2D eigenvalue weighted by atomic mass is 16.5. The molecular weight excluding hydrogens is 238 g/mol. The predicted octanol–water partition coefficient (Wildman–Crippen LogP) is 1.66. The molecule has 0 aliphatic carbocycles. The molecule has 0 amide bonds. The van der Waals surface area contributed by atoms with Crippen LogP contribution < -0.4 is 0 Å². The van der Waals surface area contributed by atoms with Gasteiger partial charge in [0.2, 0.25) is 0 Å². The van der Waals surface area contributed by atoms with E-state index in [0.29, 0.717) is 0 Å². The van der Waals surface area contributed by atoms with Crippen LogP contribution in [0.2, 0.25) is 0 Å². The first-order valence-electron chi connectivity index (χ1n) is 7.50. The summed E-state index contributed by atoms with van der Waals surface area (Å²) in [6.45, 7) is 13.9. The SMILES string of the molecule is CCN(CC)Cc1cccn1CCN1CCOCC1. The summed E-state index contributed by atoms with van der Waals surface area (Å²) < 4.78 is 7.78. The van der Waals surface area contributed by atoms with Gasteiger partial charge in [0.1, 0.15) is 0 Å². The van der Waals surface area contributed by atoms with Crippen LogP contribution in [-0.4, -0.2) is 60.3 Å². The number of nitrogens with zero attached hydrogens (tertiary/aromatic N) is 3. The lowest BCUT2D eigenvalue weighted by atomic mass is 10.3. The summed E-state index contributed by atoms with van der Waals surface area (Å²) in [5.41, 5.74) is 1.43. The second-order valence-electron chi connectivity index (χ2n) is 5.11. The first-order valence-corrected chi connectivity index (χ1v) is 7.50. The molecule has 1 aliphatic heterocycles. The van der Waals surface area contributed by atoms with Gasteiger partial charge in [-0.3, -0.25) is 9.80 Å². The van der Waals surface area contributed by atoms with Crippen LogP contribution in [0.1, 0.15) is 19.5 Å². The molecule has 0 spiro atoms. The van der Waals surface area contributed by atoms with Crippen molar-refractivity contribution in [2.45, 2.75) is 26.9 Å². The Balaban J connectivity index is 1.84. The fourth-order valence-corrected chi connectivity index (χ4v) is 2.56. The molecule has 0 radical (unpaired) electrons. The number of aromatic nitrogens is 1. The summed E-state index contributed by atoms with van der Waals surface area (Å²) >= 11 is 0. The van der Waals surface area contributed by atoms with E-state index in [-0.39, 0.29) is 0 Å². The molecule has 108 valence electrons. The van der Waals surface area contributed by atoms with Gasteiger partial charge in [-0.05, 0) is 25.2 Å². The number of rotatable bonds is 7. The smallest absolute Gasteiger partial charge is 0.0594 e. The van der Waals surface area contributed by atoms with E-state index in [9.17, 15) is 0 Å². The Bertz CT molecular complexity index is 354. The number of ether oxygens (including phenoxy) is 1. The molecule has 0 atom stereocenters. The third-order valence-electron chi connectivity index (χ3n) is 3.96. The molecule has 0 N–H and O–H groups in total. The van der Waals surface area contributed by atoms with Crippen LogP contribution in [0.3, 0.4) is 0 Å². The average molecular weight is 265 g/mol. The first-order chi connectivity index (χ1) is 9.33. The lowest BCUT2D eigenvalue weighted by Gasteiger charge is -2.27. The summed E-state index contributed by atoms with van der Waals surface area (Å²) in [6.07, 6.45) is 2.21. The van der Waals surface area contributed by atoms with Crippen molar-refractivity contribution in [3.8, 4) is 0 Å². The highest BCUT2D eigenvalue weighted by Crippen LogP contribution is 2.07. The normalized spacial score (nSPS) is 17.2. The van der Waals surface area contributed by atoms with E-state index >= 15 is 0 Å². The van der Waals surface area contributed by atoms with Crippen LogP contribution in [0, 0.1) is 0 Å². The van der Waals surface area contributed by atoms with Gasteiger partial charge in [-0.1, -0.05) is 13.8 Å². The van der Waals surface area contributed by atoms with Gasteiger partial charge in [-0.15, -0.1) is 0 Å². The summed E-state index contributed by atoms with van der Waals surface area (Å²) in [7, 11) is 0. The molecule has 4 nitrogen and oxygen atoms in total. The minimum Gasteiger partial charge on any atom is -0.379 e. The minimum absolute atomic E-state index is 0.887. The maximum Gasteiger partial charge on any atom is 0.0594 e. The zero-order chi connectivity index (χ0) is 13.5. The number of morpholine rings is 1. The van der Waals surface area contributed by atoms with Crippen molar-refractivity contribution in [1.82, 2.24) is 14.4 Å². The van der Waals surface area contributed by atoms with Crippen LogP contribution >= 0.6 is 0 Å². The molecule has 2 heterocycles. The zero-order valence-electron chi connectivity index (χ0n) is 12.3. The van der Waals surface area contributed by atoms with Gasteiger partial charge in [-0.2, -0.15) is 0 Å². The molecule has 1 saturated heterocycles. The maximum atomic E-state index is 5.39. The van der Waals surface area contributed by atoms with Gasteiger partial charge in [0, 0.05) is 44.6 Å². The van der Waals surface area contributed by atoms with Crippen molar-refractivity contribution in [2.75, 3.05) is 45.9 Å². The zero-order valence-corrected chi connectivity index (χ0v) is 12.3. The number of hydrogen-bond acceptors (Lipinski definition) is 3. The van der Waals surface area contributed by atoms with Crippen LogP contribution in [0.15, 0.2) is 18.3 Å².